The van der Waals surface area contributed by atoms with E-state index in [1.165, 1.54) is 0 Å². The molecule has 1 fully saturated rings. The van der Waals surface area contributed by atoms with Gasteiger partial charge in [-0.15, -0.1) is 0 Å². The van der Waals surface area contributed by atoms with Gasteiger partial charge in [-0.05, 0) is 31.0 Å². The standard InChI is InChI=1S/C14H15ClN2O2/c1-2-5-17-12-6-8(15)3-4-11(12)16-13(17)9-7-10(9)14(18)19/h3-4,6,9-10H,2,5,7H2,1H3,(H,18,19). The molecule has 0 amide bonds. The van der Waals surface area contributed by atoms with Crippen molar-refractivity contribution in [2.24, 2.45) is 5.92 Å². The lowest BCUT2D eigenvalue weighted by Crippen LogP contribution is -2.05. The van der Waals surface area contributed by atoms with Crippen molar-refractivity contribution in [2.45, 2.75) is 32.2 Å². The molecule has 1 aromatic heterocycles. The zero-order valence-electron chi connectivity index (χ0n) is 10.6. The molecule has 1 aliphatic rings. The summed E-state index contributed by atoms with van der Waals surface area (Å²) in [5.74, 6) is -0.0530. The topological polar surface area (TPSA) is 55.1 Å². The maximum atomic E-state index is 11.0. The number of carboxylic acids is 1. The second-order valence-electron chi connectivity index (χ2n) is 5.04. The van der Waals surface area contributed by atoms with Crippen molar-refractivity contribution < 1.29 is 9.90 Å². The summed E-state index contributed by atoms with van der Waals surface area (Å²) in [5.41, 5.74) is 1.89. The molecular formula is C14H15ClN2O2. The van der Waals surface area contributed by atoms with Crippen LogP contribution in [0.25, 0.3) is 11.0 Å². The van der Waals surface area contributed by atoms with Crippen molar-refractivity contribution in [3.8, 4) is 0 Å². The highest BCUT2D eigenvalue weighted by atomic mass is 35.5. The third-order valence-corrected chi connectivity index (χ3v) is 3.86. The van der Waals surface area contributed by atoms with Crippen molar-refractivity contribution in [3.05, 3.63) is 29.0 Å². The second-order valence-corrected chi connectivity index (χ2v) is 5.48. The molecule has 2 atom stereocenters. The molecule has 0 saturated heterocycles. The quantitative estimate of drug-likeness (QED) is 0.934. The van der Waals surface area contributed by atoms with Crippen LogP contribution in [0.5, 0.6) is 0 Å². The number of halogens is 1. The van der Waals surface area contributed by atoms with E-state index < -0.39 is 5.97 Å². The molecule has 0 radical (unpaired) electrons. The van der Waals surface area contributed by atoms with Crippen LogP contribution >= 0.6 is 11.6 Å². The van der Waals surface area contributed by atoms with E-state index in [4.69, 9.17) is 16.7 Å². The summed E-state index contributed by atoms with van der Waals surface area (Å²) in [7, 11) is 0. The molecule has 0 spiro atoms. The molecule has 19 heavy (non-hydrogen) atoms. The number of nitrogens with zero attached hydrogens (tertiary/aromatic N) is 2. The van der Waals surface area contributed by atoms with E-state index in [1.807, 2.05) is 18.2 Å². The van der Waals surface area contributed by atoms with Gasteiger partial charge in [0.2, 0.25) is 0 Å². The number of aryl methyl sites for hydroxylation is 1. The van der Waals surface area contributed by atoms with Crippen LogP contribution in [0.4, 0.5) is 0 Å². The minimum Gasteiger partial charge on any atom is -0.481 e. The van der Waals surface area contributed by atoms with Gasteiger partial charge in [0, 0.05) is 17.5 Å². The first-order chi connectivity index (χ1) is 9.11. The predicted molar refractivity (Wildman–Crippen MR) is 73.5 cm³/mol. The number of carboxylic acid groups (broad SMARTS) is 1. The fraction of sp³-hybridized carbons (Fsp3) is 0.429. The summed E-state index contributed by atoms with van der Waals surface area (Å²) in [6, 6.07) is 5.62. The van der Waals surface area contributed by atoms with Crippen LogP contribution in [0.15, 0.2) is 18.2 Å². The van der Waals surface area contributed by atoms with E-state index >= 15 is 0 Å². The lowest BCUT2D eigenvalue weighted by molar-refractivity contribution is -0.138. The van der Waals surface area contributed by atoms with E-state index in [2.05, 4.69) is 16.5 Å². The molecular weight excluding hydrogens is 264 g/mol. The van der Waals surface area contributed by atoms with Gasteiger partial charge in [-0.25, -0.2) is 4.98 Å². The summed E-state index contributed by atoms with van der Waals surface area (Å²) in [5, 5.41) is 9.75. The van der Waals surface area contributed by atoms with Crippen molar-refractivity contribution in [1.29, 1.82) is 0 Å². The number of hydrogen-bond donors (Lipinski definition) is 1. The summed E-state index contributed by atoms with van der Waals surface area (Å²) in [4.78, 5) is 15.6. The monoisotopic (exact) mass is 278 g/mol. The maximum absolute atomic E-state index is 11.0. The van der Waals surface area contributed by atoms with Gasteiger partial charge >= 0.3 is 5.97 Å². The Morgan fingerprint density at radius 3 is 3.00 bits per heavy atom. The van der Waals surface area contributed by atoms with Gasteiger partial charge in [-0.2, -0.15) is 0 Å². The molecule has 0 bridgehead atoms. The molecule has 1 aromatic carbocycles. The van der Waals surface area contributed by atoms with Crippen LogP contribution < -0.4 is 0 Å². The average Bonchev–Trinajstić information content (AvgIpc) is 3.09. The summed E-state index contributed by atoms with van der Waals surface area (Å²) in [6.07, 6.45) is 1.67. The van der Waals surface area contributed by atoms with Crippen LogP contribution in [-0.4, -0.2) is 20.6 Å². The van der Waals surface area contributed by atoms with E-state index in [0.29, 0.717) is 11.4 Å². The number of carbonyl (C=O) groups is 1. The van der Waals surface area contributed by atoms with Crippen molar-refractivity contribution in [3.63, 3.8) is 0 Å². The number of rotatable bonds is 4. The van der Waals surface area contributed by atoms with Crippen molar-refractivity contribution >= 4 is 28.6 Å². The number of fused-ring (bicyclic) bond motifs is 1. The molecule has 1 aliphatic carbocycles. The molecule has 1 saturated carbocycles. The lowest BCUT2D eigenvalue weighted by Gasteiger charge is -2.07. The first-order valence-corrected chi connectivity index (χ1v) is 6.88. The average molecular weight is 279 g/mol. The Bertz CT molecular complexity index is 650. The Labute approximate surface area is 116 Å². The van der Waals surface area contributed by atoms with Gasteiger partial charge in [0.1, 0.15) is 5.82 Å². The highest BCUT2D eigenvalue weighted by molar-refractivity contribution is 6.31. The Morgan fingerprint density at radius 1 is 1.58 bits per heavy atom. The van der Waals surface area contributed by atoms with Gasteiger partial charge in [0.25, 0.3) is 0 Å². The summed E-state index contributed by atoms with van der Waals surface area (Å²) in [6.45, 7) is 2.94. The minimum absolute atomic E-state index is 0.0511. The number of imidazole rings is 1. The van der Waals surface area contributed by atoms with E-state index in [1.54, 1.807) is 0 Å². The van der Waals surface area contributed by atoms with Crippen LogP contribution in [-0.2, 0) is 11.3 Å². The predicted octanol–water partition coefficient (Wildman–Crippen LogP) is 3.29. The number of benzene rings is 1. The van der Waals surface area contributed by atoms with Gasteiger partial charge < -0.3 is 9.67 Å². The molecule has 4 nitrogen and oxygen atoms in total. The van der Waals surface area contributed by atoms with Crippen molar-refractivity contribution in [2.75, 3.05) is 0 Å². The molecule has 2 unspecified atom stereocenters. The molecule has 1 N–H and O–H groups in total. The smallest absolute Gasteiger partial charge is 0.307 e. The zero-order chi connectivity index (χ0) is 13.6. The lowest BCUT2D eigenvalue weighted by atomic mass is 10.3. The molecule has 1 heterocycles. The SMILES string of the molecule is CCCn1c(C2CC2C(=O)O)nc2ccc(Cl)cc21. The second kappa shape index (κ2) is 4.53. The van der Waals surface area contributed by atoms with Crippen LogP contribution in [0.1, 0.15) is 31.5 Å². The molecule has 100 valence electrons. The van der Waals surface area contributed by atoms with E-state index in [0.717, 1.165) is 29.8 Å². The Kier molecular flexibility index (Phi) is 2.97. The minimum atomic E-state index is -0.724. The van der Waals surface area contributed by atoms with Gasteiger partial charge in [-0.3, -0.25) is 4.79 Å². The Balaban J connectivity index is 2.08. The molecule has 5 heteroatoms. The fourth-order valence-electron chi connectivity index (χ4n) is 2.61. The highest BCUT2D eigenvalue weighted by Gasteiger charge is 2.47. The zero-order valence-corrected chi connectivity index (χ0v) is 11.4. The highest BCUT2D eigenvalue weighted by Crippen LogP contribution is 2.47. The van der Waals surface area contributed by atoms with E-state index in [9.17, 15) is 4.79 Å². The Hall–Kier alpha value is -1.55. The number of aliphatic carboxylic acids is 1. The van der Waals surface area contributed by atoms with Crippen LogP contribution in [0.2, 0.25) is 5.02 Å². The first kappa shape index (κ1) is 12.5. The van der Waals surface area contributed by atoms with Crippen molar-refractivity contribution in [1.82, 2.24) is 9.55 Å². The van der Waals surface area contributed by atoms with Gasteiger partial charge in [-0.1, -0.05) is 18.5 Å². The summed E-state index contributed by atoms with van der Waals surface area (Å²) < 4.78 is 2.12. The number of aromatic nitrogens is 2. The van der Waals surface area contributed by atoms with Gasteiger partial charge in [0.05, 0.1) is 17.0 Å². The van der Waals surface area contributed by atoms with Crippen LogP contribution in [0.3, 0.4) is 0 Å². The maximum Gasteiger partial charge on any atom is 0.307 e. The molecule has 0 aliphatic heterocycles. The van der Waals surface area contributed by atoms with E-state index in [-0.39, 0.29) is 11.8 Å². The molecule has 3 rings (SSSR count). The Morgan fingerprint density at radius 2 is 2.37 bits per heavy atom. The summed E-state index contributed by atoms with van der Waals surface area (Å²) >= 11 is 6.04. The first-order valence-electron chi connectivity index (χ1n) is 6.50. The van der Waals surface area contributed by atoms with Crippen LogP contribution in [0, 0.1) is 5.92 Å². The fourth-order valence-corrected chi connectivity index (χ4v) is 2.78. The molecule has 2 aromatic rings. The number of hydrogen-bond acceptors (Lipinski definition) is 2. The van der Waals surface area contributed by atoms with Gasteiger partial charge in [0.15, 0.2) is 0 Å². The normalized spacial score (nSPS) is 21.8. The third-order valence-electron chi connectivity index (χ3n) is 3.63. The third kappa shape index (κ3) is 2.10. The largest absolute Gasteiger partial charge is 0.481 e.